The third kappa shape index (κ3) is 3.04. The monoisotopic (exact) mass is 256 g/mol. The van der Waals surface area contributed by atoms with E-state index in [1.54, 1.807) is 0 Å². The van der Waals surface area contributed by atoms with Gasteiger partial charge in [-0.15, -0.1) is 0 Å². The lowest BCUT2D eigenvalue weighted by Gasteiger charge is -2.51. The molecule has 2 saturated heterocycles. The van der Waals surface area contributed by atoms with Gasteiger partial charge in [0.05, 0.1) is 32.8 Å². The standard InChI is InChI=1S/C14H26NO3/c1-15-8-4-3-7-13(15)12(6-5-9-15)10-18-14(16)11-17-2/h12-13H,3-11H2,1-2H3/q+1/t12-,13-,15-/m0/s1. The van der Waals surface area contributed by atoms with Crippen molar-refractivity contribution in [3.63, 3.8) is 0 Å². The van der Waals surface area contributed by atoms with Crippen LogP contribution in [0.1, 0.15) is 32.1 Å². The molecular weight excluding hydrogens is 230 g/mol. The van der Waals surface area contributed by atoms with Crippen molar-refractivity contribution in [1.82, 2.24) is 0 Å². The van der Waals surface area contributed by atoms with Crippen LogP contribution in [0, 0.1) is 5.92 Å². The lowest BCUT2D eigenvalue weighted by molar-refractivity contribution is -0.947. The van der Waals surface area contributed by atoms with Gasteiger partial charge in [0.2, 0.25) is 0 Å². The van der Waals surface area contributed by atoms with Crippen LogP contribution in [0.25, 0.3) is 0 Å². The van der Waals surface area contributed by atoms with E-state index in [9.17, 15) is 4.79 Å². The van der Waals surface area contributed by atoms with Crippen molar-refractivity contribution < 1.29 is 18.8 Å². The molecule has 2 aliphatic rings. The summed E-state index contributed by atoms with van der Waals surface area (Å²) >= 11 is 0. The predicted octanol–water partition coefficient (Wildman–Crippen LogP) is 1.59. The highest BCUT2D eigenvalue weighted by molar-refractivity contribution is 5.70. The maximum absolute atomic E-state index is 11.4. The molecule has 4 nitrogen and oxygen atoms in total. The van der Waals surface area contributed by atoms with Gasteiger partial charge in [-0.05, 0) is 25.7 Å². The van der Waals surface area contributed by atoms with Gasteiger partial charge >= 0.3 is 5.97 Å². The zero-order valence-electron chi connectivity index (χ0n) is 11.7. The van der Waals surface area contributed by atoms with E-state index in [0.717, 1.165) is 0 Å². The highest BCUT2D eigenvalue weighted by Gasteiger charge is 2.43. The molecule has 104 valence electrons. The van der Waals surface area contributed by atoms with Gasteiger partial charge in [0.25, 0.3) is 0 Å². The van der Waals surface area contributed by atoms with Crippen LogP contribution >= 0.6 is 0 Å². The van der Waals surface area contributed by atoms with E-state index in [1.165, 1.54) is 56.8 Å². The molecule has 4 heteroatoms. The number of piperidine rings is 2. The summed E-state index contributed by atoms with van der Waals surface area (Å²) in [6, 6.07) is 0.697. The number of carbonyl (C=O) groups is 1. The second kappa shape index (κ2) is 6.02. The molecule has 2 fully saturated rings. The van der Waals surface area contributed by atoms with E-state index in [0.29, 0.717) is 18.6 Å². The highest BCUT2D eigenvalue weighted by atomic mass is 16.6. The fourth-order valence-electron chi connectivity index (χ4n) is 3.79. The zero-order chi connectivity index (χ0) is 13.0. The molecule has 0 N–H and O–H groups in total. The van der Waals surface area contributed by atoms with Crippen molar-refractivity contribution in [2.75, 3.05) is 40.5 Å². The summed E-state index contributed by atoms with van der Waals surface area (Å²) in [6.07, 6.45) is 6.45. The molecule has 2 heterocycles. The Morgan fingerprint density at radius 2 is 2.00 bits per heavy atom. The Hall–Kier alpha value is -0.610. The molecule has 0 radical (unpaired) electrons. The van der Waals surface area contributed by atoms with Gasteiger partial charge in [-0.25, -0.2) is 4.79 Å². The summed E-state index contributed by atoms with van der Waals surface area (Å²) < 4.78 is 11.3. The minimum atomic E-state index is -0.229. The van der Waals surface area contributed by atoms with Crippen LogP contribution in [0.3, 0.4) is 0 Å². The first-order valence-electron chi connectivity index (χ1n) is 7.14. The number of esters is 1. The summed E-state index contributed by atoms with van der Waals surface area (Å²) in [5, 5.41) is 0. The molecule has 0 aromatic heterocycles. The van der Waals surface area contributed by atoms with Crippen molar-refractivity contribution in [1.29, 1.82) is 0 Å². The van der Waals surface area contributed by atoms with Crippen molar-refractivity contribution in [3.8, 4) is 0 Å². The van der Waals surface area contributed by atoms with Crippen LogP contribution in [-0.2, 0) is 14.3 Å². The first-order valence-corrected chi connectivity index (χ1v) is 7.14. The van der Waals surface area contributed by atoms with E-state index >= 15 is 0 Å². The summed E-state index contributed by atoms with van der Waals surface area (Å²) in [4.78, 5) is 11.4. The lowest BCUT2D eigenvalue weighted by atomic mass is 9.82. The number of hydrogen-bond donors (Lipinski definition) is 0. The quantitative estimate of drug-likeness (QED) is 0.566. The molecule has 0 saturated carbocycles. The minimum absolute atomic E-state index is 0.0729. The summed E-state index contributed by atoms with van der Waals surface area (Å²) in [5.74, 6) is 0.318. The molecule has 3 atom stereocenters. The molecular formula is C14H26NO3+. The third-order valence-electron chi connectivity index (χ3n) is 4.73. The summed E-state index contributed by atoms with van der Waals surface area (Å²) in [5.41, 5.74) is 0. The van der Waals surface area contributed by atoms with E-state index in [1.807, 2.05) is 0 Å². The molecule has 2 rings (SSSR count). The first kappa shape index (κ1) is 13.8. The second-order valence-electron chi connectivity index (χ2n) is 6.01. The van der Waals surface area contributed by atoms with Crippen LogP contribution in [0.15, 0.2) is 0 Å². The number of rotatable bonds is 4. The molecule has 0 aromatic carbocycles. The fourth-order valence-corrected chi connectivity index (χ4v) is 3.79. The average Bonchev–Trinajstić information content (AvgIpc) is 2.35. The van der Waals surface area contributed by atoms with E-state index < -0.39 is 0 Å². The van der Waals surface area contributed by atoms with Crippen molar-refractivity contribution in [3.05, 3.63) is 0 Å². The maximum Gasteiger partial charge on any atom is 0.332 e. The third-order valence-corrected chi connectivity index (χ3v) is 4.73. The van der Waals surface area contributed by atoms with Gasteiger partial charge in [-0.3, -0.25) is 0 Å². The fraction of sp³-hybridized carbons (Fsp3) is 0.929. The molecule has 2 aliphatic heterocycles. The van der Waals surface area contributed by atoms with Crippen LogP contribution < -0.4 is 0 Å². The highest BCUT2D eigenvalue weighted by Crippen LogP contribution is 2.36. The Morgan fingerprint density at radius 1 is 1.22 bits per heavy atom. The van der Waals surface area contributed by atoms with E-state index in [2.05, 4.69) is 7.05 Å². The largest absolute Gasteiger partial charge is 0.463 e. The van der Waals surface area contributed by atoms with E-state index in [4.69, 9.17) is 9.47 Å². The number of ether oxygens (including phenoxy) is 2. The molecule has 0 bridgehead atoms. The number of hydrogen-bond acceptors (Lipinski definition) is 3. The predicted molar refractivity (Wildman–Crippen MR) is 69.1 cm³/mol. The van der Waals surface area contributed by atoms with Gasteiger partial charge in [0.15, 0.2) is 0 Å². The average molecular weight is 256 g/mol. The molecule has 0 amide bonds. The maximum atomic E-state index is 11.4. The Labute approximate surface area is 110 Å². The number of nitrogens with zero attached hydrogens (tertiary/aromatic N) is 1. The second-order valence-corrected chi connectivity index (χ2v) is 6.01. The van der Waals surface area contributed by atoms with Crippen LogP contribution in [0.4, 0.5) is 0 Å². The van der Waals surface area contributed by atoms with Crippen LogP contribution in [-0.4, -0.2) is 57.0 Å². The number of quaternary nitrogens is 1. The van der Waals surface area contributed by atoms with Crippen LogP contribution in [0.5, 0.6) is 0 Å². The minimum Gasteiger partial charge on any atom is -0.463 e. The first-order chi connectivity index (χ1) is 8.65. The van der Waals surface area contributed by atoms with Crippen LogP contribution in [0.2, 0.25) is 0 Å². The van der Waals surface area contributed by atoms with Gasteiger partial charge in [-0.1, -0.05) is 0 Å². The Bertz CT molecular complexity index is 291. The SMILES string of the molecule is COCC(=O)OC[C@@H]1CCC[N@+]2(C)CCCC[C@@H]12. The smallest absolute Gasteiger partial charge is 0.332 e. The van der Waals surface area contributed by atoms with Gasteiger partial charge < -0.3 is 14.0 Å². The molecule has 0 aliphatic carbocycles. The zero-order valence-corrected chi connectivity index (χ0v) is 11.7. The topological polar surface area (TPSA) is 35.5 Å². The number of methoxy groups -OCH3 is 1. The van der Waals surface area contributed by atoms with Crippen molar-refractivity contribution >= 4 is 5.97 Å². The number of fused-ring (bicyclic) bond motifs is 1. The van der Waals surface area contributed by atoms with Crippen molar-refractivity contribution in [2.45, 2.75) is 38.1 Å². The molecule has 18 heavy (non-hydrogen) atoms. The molecule has 0 spiro atoms. The van der Waals surface area contributed by atoms with E-state index in [-0.39, 0.29) is 12.6 Å². The summed E-state index contributed by atoms with van der Waals surface area (Å²) in [7, 11) is 3.91. The van der Waals surface area contributed by atoms with Gasteiger partial charge in [0, 0.05) is 19.4 Å². The molecule has 0 aromatic rings. The van der Waals surface area contributed by atoms with Crippen molar-refractivity contribution in [2.24, 2.45) is 5.92 Å². The summed E-state index contributed by atoms with van der Waals surface area (Å²) in [6.45, 7) is 3.25. The van der Waals surface area contributed by atoms with Gasteiger partial charge in [0.1, 0.15) is 6.61 Å². The Balaban J connectivity index is 1.89. The normalized spacial score (nSPS) is 35.9. The Kier molecular flexibility index (Phi) is 4.62. The Morgan fingerprint density at radius 3 is 2.78 bits per heavy atom. The van der Waals surface area contributed by atoms with Gasteiger partial charge in [-0.2, -0.15) is 0 Å². The lowest BCUT2D eigenvalue weighted by Crippen LogP contribution is -2.61. The number of carbonyl (C=O) groups excluding carboxylic acids is 1. The molecule has 0 unspecified atom stereocenters.